The summed E-state index contributed by atoms with van der Waals surface area (Å²) in [6, 6.07) is 9.82. The fourth-order valence-corrected chi connectivity index (χ4v) is 2.63. The number of halogens is 2. The monoisotopic (exact) mass is 360 g/mol. The minimum atomic E-state index is -0.852. The number of carbonyl (C=O) groups is 2. The molecule has 1 aliphatic carbocycles. The Morgan fingerprint density at radius 3 is 2.31 bits per heavy atom. The molecule has 7 heteroatoms. The second kappa shape index (κ2) is 7.51. The first-order valence-electron chi connectivity index (χ1n) is 8.27. The van der Waals surface area contributed by atoms with Crippen LogP contribution in [0.4, 0.5) is 20.2 Å². The maximum atomic E-state index is 13.6. The van der Waals surface area contributed by atoms with Crippen molar-refractivity contribution in [1.29, 1.82) is 0 Å². The van der Waals surface area contributed by atoms with Gasteiger partial charge in [-0.25, -0.2) is 8.78 Å². The lowest BCUT2D eigenvalue weighted by atomic mass is 10.2. The van der Waals surface area contributed by atoms with Crippen LogP contribution in [0.15, 0.2) is 42.5 Å². The zero-order valence-electron chi connectivity index (χ0n) is 14.1. The van der Waals surface area contributed by atoms with E-state index in [4.69, 9.17) is 4.74 Å². The molecule has 0 aromatic heterocycles. The lowest BCUT2D eigenvalue weighted by Gasteiger charge is -2.08. The van der Waals surface area contributed by atoms with E-state index in [0.29, 0.717) is 30.5 Å². The fraction of sp³-hybridized carbons (Fsp3) is 0.263. The molecule has 0 saturated heterocycles. The van der Waals surface area contributed by atoms with Crippen LogP contribution in [-0.4, -0.2) is 18.4 Å². The molecule has 2 aromatic rings. The van der Waals surface area contributed by atoms with Crippen molar-refractivity contribution in [2.75, 3.05) is 17.2 Å². The van der Waals surface area contributed by atoms with Crippen LogP contribution in [0.1, 0.15) is 13.3 Å². The molecule has 5 nitrogen and oxygen atoms in total. The number of rotatable bonds is 6. The molecule has 0 bridgehead atoms. The SMILES string of the molecule is CCOc1ccc(NC(=O)C2CC2C(=O)Nc2ccc(F)cc2F)cc1. The number of nitrogens with one attached hydrogen (secondary N) is 2. The van der Waals surface area contributed by atoms with Gasteiger partial charge < -0.3 is 15.4 Å². The highest BCUT2D eigenvalue weighted by Crippen LogP contribution is 2.40. The van der Waals surface area contributed by atoms with Crippen LogP contribution in [0.25, 0.3) is 0 Å². The fourth-order valence-electron chi connectivity index (χ4n) is 2.63. The van der Waals surface area contributed by atoms with E-state index >= 15 is 0 Å². The topological polar surface area (TPSA) is 67.4 Å². The standard InChI is InChI=1S/C19H18F2N2O3/c1-2-26-13-6-4-12(5-7-13)22-18(24)14-10-15(14)19(25)23-17-8-3-11(20)9-16(17)21/h3-9,14-15H,2,10H2,1H3,(H,22,24)(H,23,25). The molecular formula is C19H18F2N2O3. The van der Waals surface area contributed by atoms with Crippen LogP contribution in [0, 0.1) is 23.5 Å². The van der Waals surface area contributed by atoms with Gasteiger partial charge in [0.2, 0.25) is 11.8 Å². The maximum absolute atomic E-state index is 13.6. The third-order valence-electron chi connectivity index (χ3n) is 4.09. The van der Waals surface area contributed by atoms with E-state index < -0.39 is 29.4 Å². The summed E-state index contributed by atoms with van der Waals surface area (Å²) in [4.78, 5) is 24.3. The molecule has 1 aliphatic rings. The van der Waals surface area contributed by atoms with Gasteiger partial charge >= 0.3 is 0 Å². The summed E-state index contributed by atoms with van der Waals surface area (Å²) in [6.45, 7) is 2.44. The van der Waals surface area contributed by atoms with Crippen molar-refractivity contribution < 1.29 is 23.1 Å². The zero-order valence-corrected chi connectivity index (χ0v) is 14.1. The molecule has 0 radical (unpaired) electrons. The Morgan fingerprint density at radius 1 is 1.04 bits per heavy atom. The molecular weight excluding hydrogens is 342 g/mol. The highest BCUT2D eigenvalue weighted by Gasteiger charge is 2.48. The van der Waals surface area contributed by atoms with Gasteiger partial charge in [0.15, 0.2) is 0 Å². The second-order valence-corrected chi connectivity index (χ2v) is 6.01. The van der Waals surface area contributed by atoms with E-state index in [0.717, 1.165) is 12.1 Å². The van der Waals surface area contributed by atoms with Crippen LogP contribution in [0.3, 0.4) is 0 Å². The number of hydrogen-bond donors (Lipinski definition) is 2. The van der Waals surface area contributed by atoms with E-state index in [2.05, 4.69) is 10.6 Å². The van der Waals surface area contributed by atoms with Crippen molar-refractivity contribution in [3.05, 3.63) is 54.1 Å². The van der Waals surface area contributed by atoms with Gasteiger partial charge in [0.05, 0.1) is 24.1 Å². The molecule has 2 unspecified atom stereocenters. The molecule has 0 spiro atoms. The summed E-state index contributed by atoms with van der Waals surface area (Å²) in [5.41, 5.74) is 0.503. The van der Waals surface area contributed by atoms with Gasteiger partial charge in [-0.15, -0.1) is 0 Å². The molecule has 1 fully saturated rings. The molecule has 2 N–H and O–H groups in total. The molecule has 0 aliphatic heterocycles. The van der Waals surface area contributed by atoms with Crippen LogP contribution >= 0.6 is 0 Å². The number of carbonyl (C=O) groups excluding carboxylic acids is 2. The largest absolute Gasteiger partial charge is 0.494 e. The van der Waals surface area contributed by atoms with Gasteiger partial charge in [0.1, 0.15) is 17.4 Å². The molecule has 3 rings (SSSR count). The molecule has 2 amide bonds. The van der Waals surface area contributed by atoms with Crippen LogP contribution in [0.5, 0.6) is 5.75 Å². The summed E-state index contributed by atoms with van der Waals surface area (Å²) in [5.74, 6) is -2.59. The Bertz CT molecular complexity index is 824. The predicted molar refractivity (Wildman–Crippen MR) is 92.8 cm³/mol. The summed E-state index contributed by atoms with van der Waals surface area (Å²) < 4.78 is 31.8. The highest BCUT2D eigenvalue weighted by atomic mass is 19.1. The van der Waals surface area contributed by atoms with Crippen molar-refractivity contribution in [2.45, 2.75) is 13.3 Å². The summed E-state index contributed by atoms with van der Waals surface area (Å²) in [7, 11) is 0. The molecule has 1 saturated carbocycles. The van der Waals surface area contributed by atoms with Crippen LogP contribution in [0.2, 0.25) is 0 Å². The van der Waals surface area contributed by atoms with Crippen molar-refractivity contribution >= 4 is 23.2 Å². The van der Waals surface area contributed by atoms with Gasteiger partial charge in [-0.3, -0.25) is 9.59 Å². The Balaban J connectivity index is 1.53. The van der Waals surface area contributed by atoms with Gasteiger partial charge in [-0.05, 0) is 49.7 Å². The van der Waals surface area contributed by atoms with Gasteiger partial charge in [0.25, 0.3) is 0 Å². The molecule has 2 aromatic carbocycles. The van der Waals surface area contributed by atoms with Crippen molar-refractivity contribution in [2.24, 2.45) is 11.8 Å². The van der Waals surface area contributed by atoms with Gasteiger partial charge in [0, 0.05) is 11.8 Å². The first kappa shape index (κ1) is 17.8. The summed E-state index contributed by atoms with van der Waals surface area (Å²) >= 11 is 0. The number of hydrogen-bond acceptors (Lipinski definition) is 3. The van der Waals surface area contributed by atoms with Gasteiger partial charge in [-0.2, -0.15) is 0 Å². The Kier molecular flexibility index (Phi) is 5.16. The second-order valence-electron chi connectivity index (χ2n) is 6.01. The van der Waals surface area contributed by atoms with Crippen LogP contribution < -0.4 is 15.4 Å². The first-order chi connectivity index (χ1) is 12.5. The third-order valence-corrected chi connectivity index (χ3v) is 4.09. The van der Waals surface area contributed by atoms with E-state index in [1.54, 1.807) is 24.3 Å². The lowest BCUT2D eigenvalue weighted by Crippen LogP contribution is -2.21. The Morgan fingerprint density at radius 2 is 1.69 bits per heavy atom. The average Bonchev–Trinajstić information content (AvgIpc) is 3.40. The van der Waals surface area contributed by atoms with E-state index in [-0.39, 0.29) is 11.6 Å². The third kappa shape index (κ3) is 4.17. The summed E-state index contributed by atoms with van der Waals surface area (Å²) in [6.07, 6.45) is 0.386. The molecule has 0 heterocycles. The van der Waals surface area contributed by atoms with Crippen molar-refractivity contribution in [3.63, 3.8) is 0 Å². The average molecular weight is 360 g/mol. The quantitative estimate of drug-likeness (QED) is 0.827. The van der Waals surface area contributed by atoms with E-state index in [1.807, 2.05) is 6.92 Å². The van der Waals surface area contributed by atoms with Crippen molar-refractivity contribution in [3.8, 4) is 5.75 Å². The van der Waals surface area contributed by atoms with Crippen molar-refractivity contribution in [1.82, 2.24) is 0 Å². The number of ether oxygens (including phenoxy) is 1. The van der Waals surface area contributed by atoms with E-state index in [9.17, 15) is 18.4 Å². The van der Waals surface area contributed by atoms with E-state index in [1.165, 1.54) is 0 Å². The smallest absolute Gasteiger partial charge is 0.228 e. The summed E-state index contributed by atoms with van der Waals surface area (Å²) in [5, 5.41) is 5.14. The number of benzene rings is 2. The molecule has 136 valence electrons. The lowest BCUT2D eigenvalue weighted by molar-refractivity contribution is -0.122. The zero-order chi connectivity index (χ0) is 18.7. The Hall–Kier alpha value is -2.96. The highest BCUT2D eigenvalue weighted by molar-refractivity contribution is 6.03. The normalized spacial score (nSPS) is 18.1. The number of amides is 2. The molecule has 2 atom stereocenters. The van der Waals surface area contributed by atoms with Gasteiger partial charge in [-0.1, -0.05) is 0 Å². The minimum absolute atomic E-state index is 0.103. The predicted octanol–water partition coefficient (Wildman–Crippen LogP) is 3.58. The first-order valence-corrected chi connectivity index (χ1v) is 8.27. The minimum Gasteiger partial charge on any atom is -0.494 e. The number of anilines is 2. The van der Waals surface area contributed by atoms with Crippen LogP contribution in [-0.2, 0) is 9.59 Å². The maximum Gasteiger partial charge on any atom is 0.228 e. The molecule has 26 heavy (non-hydrogen) atoms. The Labute approximate surface area is 149 Å².